The predicted octanol–water partition coefficient (Wildman–Crippen LogP) is 1.85. The van der Waals surface area contributed by atoms with Crippen LogP contribution < -0.4 is 11.1 Å². The van der Waals surface area contributed by atoms with Gasteiger partial charge in [0.05, 0.1) is 6.61 Å². The molecule has 2 rings (SSSR count). The number of hydrogen-bond donors (Lipinski definition) is 2. The third kappa shape index (κ3) is 3.73. The van der Waals surface area contributed by atoms with E-state index in [0.29, 0.717) is 11.9 Å². The van der Waals surface area contributed by atoms with Crippen LogP contribution in [0.3, 0.4) is 0 Å². The first-order valence-electron chi connectivity index (χ1n) is 6.03. The Labute approximate surface area is 111 Å². The highest BCUT2D eigenvalue weighted by molar-refractivity contribution is 8.00. The summed E-state index contributed by atoms with van der Waals surface area (Å²) in [6.07, 6.45) is 0.918. The lowest BCUT2D eigenvalue weighted by molar-refractivity contribution is -0.114. The van der Waals surface area contributed by atoms with Gasteiger partial charge in [0, 0.05) is 35.4 Å². The van der Waals surface area contributed by atoms with Gasteiger partial charge in [0.1, 0.15) is 0 Å². The number of amides is 1. The minimum atomic E-state index is -0.0573. The van der Waals surface area contributed by atoms with Crippen molar-refractivity contribution in [1.29, 1.82) is 0 Å². The Morgan fingerprint density at radius 3 is 2.78 bits per heavy atom. The van der Waals surface area contributed by atoms with E-state index in [2.05, 4.69) is 5.32 Å². The van der Waals surface area contributed by atoms with E-state index in [9.17, 15) is 4.79 Å². The van der Waals surface area contributed by atoms with Crippen molar-refractivity contribution < 1.29 is 9.53 Å². The zero-order valence-corrected chi connectivity index (χ0v) is 11.2. The van der Waals surface area contributed by atoms with Gasteiger partial charge in [-0.1, -0.05) is 0 Å². The molecule has 0 saturated carbocycles. The van der Waals surface area contributed by atoms with E-state index in [1.54, 1.807) is 11.8 Å². The van der Waals surface area contributed by atoms with Crippen molar-refractivity contribution in [3.63, 3.8) is 0 Å². The summed E-state index contributed by atoms with van der Waals surface area (Å²) in [5.41, 5.74) is 6.88. The number of rotatable bonds is 3. The highest BCUT2D eigenvalue weighted by Crippen LogP contribution is 2.29. The van der Waals surface area contributed by atoms with Crippen LogP contribution in [0.15, 0.2) is 29.2 Å². The lowest BCUT2D eigenvalue weighted by Crippen LogP contribution is -2.40. The van der Waals surface area contributed by atoms with E-state index in [4.69, 9.17) is 10.5 Å². The van der Waals surface area contributed by atoms with E-state index >= 15 is 0 Å². The molecule has 1 fully saturated rings. The smallest absolute Gasteiger partial charge is 0.221 e. The second kappa shape index (κ2) is 6.22. The van der Waals surface area contributed by atoms with Crippen LogP contribution in [0.25, 0.3) is 0 Å². The lowest BCUT2D eigenvalue weighted by Gasteiger charge is -2.28. The highest BCUT2D eigenvalue weighted by Gasteiger charge is 2.23. The summed E-state index contributed by atoms with van der Waals surface area (Å²) in [5, 5.41) is 3.06. The average Bonchev–Trinajstić information content (AvgIpc) is 2.34. The molecule has 4 nitrogen and oxygen atoms in total. The molecular weight excluding hydrogens is 248 g/mol. The number of benzene rings is 1. The summed E-state index contributed by atoms with van der Waals surface area (Å²) in [4.78, 5) is 12.1. The molecule has 5 heteroatoms. The number of carbonyl (C=O) groups excluding carboxylic acids is 1. The van der Waals surface area contributed by atoms with Gasteiger partial charge in [-0.3, -0.25) is 4.79 Å². The second-order valence-electron chi connectivity index (χ2n) is 4.39. The Kier molecular flexibility index (Phi) is 4.63. The first-order chi connectivity index (χ1) is 8.65. The summed E-state index contributed by atoms with van der Waals surface area (Å²) in [6.45, 7) is 2.97. The van der Waals surface area contributed by atoms with Crippen LogP contribution in [0.5, 0.6) is 0 Å². The van der Waals surface area contributed by atoms with Gasteiger partial charge in [0.15, 0.2) is 0 Å². The fourth-order valence-corrected chi connectivity index (χ4v) is 2.96. The van der Waals surface area contributed by atoms with Gasteiger partial charge in [-0.2, -0.15) is 0 Å². The minimum Gasteiger partial charge on any atom is -0.380 e. The number of ether oxygens (including phenoxy) is 1. The topological polar surface area (TPSA) is 64.3 Å². The number of carbonyl (C=O) groups is 1. The van der Waals surface area contributed by atoms with E-state index in [1.165, 1.54) is 6.92 Å². The number of nitrogens with one attached hydrogen (secondary N) is 1. The molecule has 0 bridgehead atoms. The minimum absolute atomic E-state index is 0.0573. The third-order valence-electron chi connectivity index (χ3n) is 2.82. The Bertz CT molecular complexity index is 408. The zero-order valence-electron chi connectivity index (χ0n) is 10.4. The molecule has 98 valence electrons. The van der Waals surface area contributed by atoms with Crippen molar-refractivity contribution in [2.45, 2.75) is 29.5 Å². The molecule has 3 N–H and O–H groups in total. The van der Waals surface area contributed by atoms with Crippen LogP contribution in [0, 0.1) is 0 Å². The maximum atomic E-state index is 10.9. The van der Waals surface area contributed by atoms with Gasteiger partial charge in [-0.25, -0.2) is 0 Å². The summed E-state index contributed by atoms with van der Waals surface area (Å²) in [6, 6.07) is 7.99. The van der Waals surface area contributed by atoms with Crippen molar-refractivity contribution in [2.75, 3.05) is 18.5 Å². The van der Waals surface area contributed by atoms with Crippen molar-refractivity contribution in [3.05, 3.63) is 24.3 Å². The molecule has 1 aromatic rings. The first kappa shape index (κ1) is 13.4. The van der Waals surface area contributed by atoms with Gasteiger partial charge in [0.2, 0.25) is 5.91 Å². The van der Waals surface area contributed by atoms with Crippen LogP contribution >= 0.6 is 11.8 Å². The first-order valence-corrected chi connectivity index (χ1v) is 6.91. The van der Waals surface area contributed by atoms with Crippen LogP contribution in [0.1, 0.15) is 13.3 Å². The van der Waals surface area contributed by atoms with Crippen molar-refractivity contribution in [2.24, 2.45) is 5.73 Å². The number of thioether (sulfide) groups is 1. The van der Waals surface area contributed by atoms with E-state index in [-0.39, 0.29) is 11.9 Å². The normalized spacial score (nSPS) is 23.7. The molecule has 1 aliphatic rings. The molecule has 2 atom stereocenters. The van der Waals surface area contributed by atoms with Gasteiger partial charge in [-0.05, 0) is 30.7 Å². The largest absolute Gasteiger partial charge is 0.380 e. The van der Waals surface area contributed by atoms with E-state index < -0.39 is 0 Å². The molecule has 1 aromatic carbocycles. The molecule has 0 spiro atoms. The summed E-state index contributed by atoms with van der Waals surface area (Å²) in [5.74, 6) is -0.0573. The Balaban J connectivity index is 1.95. The molecule has 1 heterocycles. The SMILES string of the molecule is CC(=O)Nc1ccc(SC2COCCC2N)cc1. The van der Waals surface area contributed by atoms with E-state index in [1.807, 2.05) is 24.3 Å². The fraction of sp³-hybridized carbons (Fsp3) is 0.462. The molecule has 0 aliphatic carbocycles. The molecule has 0 radical (unpaired) electrons. The van der Waals surface area contributed by atoms with Crippen molar-refractivity contribution in [3.8, 4) is 0 Å². The fourth-order valence-electron chi connectivity index (χ4n) is 1.84. The van der Waals surface area contributed by atoms with Crippen LogP contribution in [0.4, 0.5) is 5.69 Å². The van der Waals surface area contributed by atoms with Gasteiger partial charge in [0.25, 0.3) is 0 Å². The standard InChI is InChI=1S/C13H18N2O2S/c1-9(16)15-10-2-4-11(5-3-10)18-13-8-17-7-6-12(13)14/h2-5,12-13H,6-8,14H2,1H3,(H,15,16). The lowest BCUT2D eigenvalue weighted by atomic mass is 10.1. The van der Waals surface area contributed by atoms with Crippen molar-refractivity contribution >= 4 is 23.4 Å². The Morgan fingerprint density at radius 1 is 1.44 bits per heavy atom. The number of hydrogen-bond acceptors (Lipinski definition) is 4. The van der Waals surface area contributed by atoms with Crippen molar-refractivity contribution in [1.82, 2.24) is 0 Å². The quantitative estimate of drug-likeness (QED) is 0.876. The van der Waals surface area contributed by atoms with Gasteiger partial charge < -0.3 is 15.8 Å². The summed E-state index contributed by atoms with van der Waals surface area (Å²) in [7, 11) is 0. The van der Waals surface area contributed by atoms with Gasteiger partial charge in [-0.15, -0.1) is 11.8 Å². The monoisotopic (exact) mass is 266 g/mol. The Hall–Kier alpha value is -1.04. The average molecular weight is 266 g/mol. The molecule has 0 aromatic heterocycles. The van der Waals surface area contributed by atoms with Crippen LogP contribution in [0.2, 0.25) is 0 Å². The number of nitrogens with two attached hydrogens (primary N) is 1. The van der Waals surface area contributed by atoms with Crippen LogP contribution in [-0.2, 0) is 9.53 Å². The molecule has 1 amide bonds. The molecule has 1 aliphatic heterocycles. The Morgan fingerprint density at radius 2 is 2.17 bits per heavy atom. The molecule has 2 unspecified atom stereocenters. The maximum Gasteiger partial charge on any atom is 0.221 e. The van der Waals surface area contributed by atoms with E-state index in [0.717, 1.165) is 23.6 Å². The summed E-state index contributed by atoms with van der Waals surface area (Å²) < 4.78 is 5.44. The predicted molar refractivity (Wildman–Crippen MR) is 73.8 cm³/mol. The third-order valence-corrected chi connectivity index (χ3v) is 4.15. The molecule has 18 heavy (non-hydrogen) atoms. The maximum absolute atomic E-state index is 10.9. The molecule has 1 saturated heterocycles. The van der Waals surface area contributed by atoms with Gasteiger partial charge >= 0.3 is 0 Å². The second-order valence-corrected chi connectivity index (χ2v) is 5.70. The molecular formula is C13H18N2O2S. The summed E-state index contributed by atoms with van der Waals surface area (Å²) >= 11 is 1.74. The zero-order chi connectivity index (χ0) is 13.0. The highest BCUT2D eigenvalue weighted by atomic mass is 32.2. The number of anilines is 1. The van der Waals surface area contributed by atoms with Crippen LogP contribution in [-0.4, -0.2) is 30.4 Å².